The Balaban J connectivity index is 1.94. The number of nitrogens with zero attached hydrogens (tertiary/aromatic N) is 3. The van der Waals surface area contributed by atoms with Gasteiger partial charge in [-0.3, -0.25) is 4.79 Å². The van der Waals surface area contributed by atoms with Crippen LogP contribution in [0.25, 0.3) is 0 Å². The maximum atomic E-state index is 12.0. The fraction of sp³-hybridized carbons (Fsp3) is 0.400. The van der Waals surface area contributed by atoms with Crippen LogP contribution in [0.1, 0.15) is 38.1 Å². The molecule has 112 valence electrons. The van der Waals surface area contributed by atoms with Gasteiger partial charge >= 0.3 is 0 Å². The van der Waals surface area contributed by atoms with E-state index in [9.17, 15) is 9.90 Å². The normalized spacial score (nSPS) is 13.0. The smallest absolute Gasteiger partial charge is 0.242 e. The lowest BCUT2D eigenvalue weighted by Crippen LogP contribution is -2.30. The van der Waals surface area contributed by atoms with E-state index in [0.717, 1.165) is 5.56 Å². The molecule has 0 saturated heterocycles. The molecule has 6 heteroatoms. The number of carbonyl (C=O) groups is 1. The second-order valence-corrected chi connectivity index (χ2v) is 5.56. The van der Waals surface area contributed by atoms with Gasteiger partial charge in [-0.05, 0) is 26.3 Å². The van der Waals surface area contributed by atoms with Crippen molar-refractivity contribution < 1.29 is 9.90 Å². The molecule has 0 aliphatic rings. The topological polar surface area (TPSA) is 80.0 Å². The van der Waals surface area contributed by atoms with Crippen LogP contribution in [-0.4, -0.2) is 26.0 Å². The number of hydrogen-bond donors (Lipinski definition) is 2. The highest BCUT2D eigenvalue weighted by molar-refractivity contribution is 5.76. The lowest BCUT2D eigenvalue weighted by atomic mass is 10.1. The Kier molecular flexibility index (Phi) is 4.37. The summed E-state index contributed by atoms with van der Waals surface area (Å²) in [5.41, 5.74) is 0.416. The third-order valence-corrected chi connectivity index (χ3v) is 3.15. The standard InChI is InChI=1S/C15H20N4O2/c1-11(12-7-5-4-6-8-12)16-14(20)10-19-9-13(17-18-19)15(2,3)21/h4-9,11,21H,10H2,1-3H3,(H,16,20). The minimum absolute atomic E-state index is 0.0697. The minimum Gasteiger partial charge on any atom is -0.384 e. The molecular weight excluding hydrogens is 268 g/mol. The van der Waals surface area contributed by atoms with Crippen LogP contribution in [0.3, 0.4) is 0 Å². The maximum absolute atomic E-state index is 12.0. The van der Waals surface area contributed by atoms with Gasteiger partial charge in [-0.1, -0.05) is 35.5 Å². The molecule has 0 fully saturated rings. The van der Waals surface area contributed by atoms with Crippen molar-refractivity contribution in [1.29, 1.82) is 0 Å². The van der Waals surface area contributed by atoms with Crippen LogP contribution in [0, 0.1) is 0 Å². The number of rotatable bonds is 5. The predicted molar refractivity (Wildman–Crippen MR) is 78.3 cm³/mol. The van der Waals surface area contributed by atoms with Gasteiger partial charge in [0.25, 0.3) is 0 Å². The second kappa shape index (κ2) is 6.05. The van der Waals surface area contributed by atoms with E-state index in [1.165, 1.54) is 4.68 Å². The van der Waals surface area contributed by atoms with Crippen molar-refractivity contribution in [1.82, 2.24) is 20.3 Å². The summed E-state index contributed by atoms with van der Waals surface area (Å²) in [5, 5.41) is 20.4. The van der Waals surface area contributed by atoms with Gasteiger partial charge in [0.15, 0.2) is 0 Å². The average Bonchev–Trinajstić information content (AvgIpc) is 2.88. The summed E-state index contributed by atoms with van der Waals surface area (Å²) in [5.74, 6) is -0.154. The molecule has 1 aromatic carbocycles. The molecule has 2 aromatic rings. The maximum Gasteiger partial charge on any atom is 0.242 e. The van der Waals surface area contributed by atoms with Gasteiger partial charge in [-0.15, -0.1) is 5.10 Å². The molecule has 1 atom stereocenters. The third-order valence-electron chi connectivity index (χ3n) is 3.15. The molecule has 0 bridgehead atoms. The van der Waals surface area contributed by atoms with Crippen molar-refractivity contribution in [3.05, 3.63) is 47.8 Å². The number of aromatic nitrogens is 3. The molecule has 0 aliphatic carbocycles. The van der Waals surface area contributed by atoms with E-state index < -0.39 is 5.60 Å². The molecule has 2 rings (SSSR count). The first-order valence-corrected chi connectivity index (χ1v) is 6.83. The number of hydrogen-bond acceptors (Lipinski definition) is 4. The highest BCUT2D eigenvalue weighted by atomic mass is 16.3. The molecule has 0 saturated carbocycles. The molecule has 0 spiro atoms. The quantitative estimate of drug-likeness (QED) is 0.871. The number of benzene rings is 1. The average molecular weight is 288 g/mol. The highest BCUT2D eigenvalue weighted by Crippen LogP contribution is 2.15. The number of nitrogens with one attached hydrogen (secondary N) is 1. The van der Waals surface area contributed by atoms with E-state index >= 15 is 0 Å². The van der Waals surface area contributed by atoms with Gasteiger partial charge in [0, 0.05) is 0 Å². The predicted octanol–water partition coefficient (Wildman–Crippen LogP) is 1.38. The van der Waals surface area contributed by atoms with E-state index in [1.807, 2.05) is 37.3 Å². The van der Waals surface area contributed by atoms with Crippen LogP contribution in [0.4, 0.5) is 0 Å². The Hall–Kier alpha value is -2.21. The Bertz CT molecular complexity index is 602. The summed E-state index contributed by atoms with van der Waals surface area (Å²) < 4.78 is 1.42. The van der Waals surface area contributed by atoms with Gasteiger partial charge in [-0.25, -0.2) is 4.68 Å². The lowest BCUT2D eigenvalue weighted by molar-refractivity contribution is -0.122. The first kappa shape index (κ1) is 15.2. The van der Waals surface area contributed by atoms with Gasteiger partial charge in [0.05, 0.1) is 12.2 Å². The molecule has 0 radical (unpaired) electrons. The summed E-state index contributed by atoms with van der Waals surface area (Å²) in [6.45, 7) is 5.24. The van der Waals surface area contributed by atoms with Gasteiger partial charge < -0.3 is 10.4 Å². The van der Waals surface area contributed by atoms with Crippen LogP contribution in [0.5, 0.6) is 0 Å². The first-order chi connectivity index (χ1) is 9.86. The number of amides is 1. The van der Waals surface area contributed by atoms with E-state index in [0.29, 0.717) is 5.69 Å². The molecule has 1 unspecified atom stereocenters. The van der Waals surface area contributed by atoms with Crippen molar-refractivity contribution in [2.24, 2.45) is 0 Å². The molecule has 21 heavy (non-hydrogen) atoms. The summed E-state index contributed by atoms with van der Waals surface area (Å²) in [6.07, 6.45) is 1.58. The monoisotopic (exact) mass is 288 g/mol. The Morgan fingerprint density at radius 1 is 1.38 bits per heavy atom. The van der Waals surface area contributed by atoms with Crippen LogP contribution in [-0.2, 0) is 16.9 Å². The zero-order valence-corrected chi connectivity index (χ0v) is 12.4. The van der Waals surface area contributed by atoms with Gasteiger partial charge in [-0.2, -0.15) is 0 Å². The molecule has 1 amide bonds. The Morgan fingerprint density at radius 3 is 2.62 bits per heavy atom. The van der Waals surface area contributed by atoms with E-state index in [-0.39, 0.29) is 18.5 Å². The summed E-state index contributed by atoms with van der Waals surface area (Å²) in [6, 6.07) is 9.66. The van der Waals surface area contributed by atoms with Crippen LogP contribution < -0.4 is 5.32 Å². The fourth-order valence-electron chi connectivity index (χ4n) is 1.92. The molecular formula is C15H20N4O2. The summed E-state index contributed by atoms with van der Waals surface area (Å²) in [7, 11) is 0. The highest BCUT2D eigenvalue weighted by Gasteiger charge is 2.20. The van der Waals surface area contributed by atoms with Crippen LogP contribution in [0.2, 0.25) is 0 Å². The first-order valence-electron chi connectivity index (χ1n) is 6.83. The Labute approximate surface area is 123 Å². The van der Waals surface area contributed by atoms with Crippen molar-refractivity contribution in [2.75, 3.05) is 0 Å². The van der Waals surface area contributed by atoms with Crippen LogP contribution >= 0.6 is 0 Å². The lowest BCUT2D eigenvalue weighted by Gasteiger charge is -2.14. The SMILES string of the molecule is CC(NC(=O)Cn1cc(C(C)(C)O)nn1)c1ccccc1. The molecule has 0 aliphatic heterocycles. The Morgan fingerprint density at radius 2 is 2.05 bits per heavy atom. The van der Waals surface area contributed by atoms with Crippen LogP contribution in [0.15, 0.2) is 36.5 Å². The van der Waals surface area contributed by atoms with Crippen molar-refractivity contribution in [3.63, 3.8) is 0 Å². The van der Waals surface area contributed by atoms with E-state index in [2.05, 4.69) is 15.6 Å². The van der Waals surface area contributed by atoms with Crippen molar-refractivity contribution in [3.8, 4) is 0 Å². The van der Waals surface area contributed by atoms with Gasteiger partial charge in [0.1, 0.15) is 17.8 Å². The number of carbonyl (C=O) groups excluding carboxylic acids is 1. The number of aliphatic hydroxyl groups is 1. The minimum atomic E-state index is -1.06. The second-order valence-electron chi connectivity index (χ2n) is 5.56. The van der Waals surface area contributed by atoms with E-state index in [4.69, 9.17) is 0 Å². The zero-order chi connectivity index (χ0) is 15.5. The van der Waals surface area contributed by atoms with Gasteiger partial charge in [0.2, 0.25) is 5.91 Å². The van der Waals surface area contributed by atoms with Crippen molar-refractivity contribution in [2.45, 2.75) is 39.0 Å². The molecule has 2 N–H and O–H groups in total. The molecule has 1 aromatic heterocycles. The molecule has 1 heterocycles. The zero-order valence-electron chi connectivity index (χ0n) is 12.4. The van der Waals surface area contributed by atoms with E-state index in [1.54, 1.807) is 20.0 Å². The summed E-state index contributed by atoms with van der Waals surface area (Å²) >= 11 is 0. The van der Waals surface area contributed by atoms with Crippen molar-refractivity contribution >= 4 is 5.91 Å². The fourth-order valence-corrected chi connectivity index (χ4v) is 1.92. The summed E-state index contributed by atoms with van der Waals surface area (Å²) in [4.78, 5) is 12.0. The third kappa shape index (κ3) is 4.13. The largest absolute Gasteiger partial charge is 0.384 e. The molecule has 6 nitrogen and oxygen atoms in total.